The zero-order chi connectivity index (χ0) is 16.5. The van der Waals surface area contributed by atoms with E-state index in [0.29, 0.717) is 6.04 Å². The van der Waals surface area contributed by atoms with Crippen molar-refractivity contribution >= 4 is 16.9 Å². The lowest BCUT2D eigenvalue weighted by atomic mass is 10.0. The molecule has 0 unspecified atom stereocenters. The molecule has 1 saturated heterocycles. The van der Waals surface area contributed by atoms with Crippen molar-refractivity contribution < 1.29 is 4.74 Å². The number of ether oxygens (including phenoxy) is 1. The molecular formula is C18H21N5O. The lowest BCUT2D eigenvalue weighted by Gasteiger charge is -2.26. The molecule has 0 aliphatic carbocycles. The molecule has 0 radical (unpaired) electrons. The Bertz CT molecular complexity index is 842. The van der Waals surface area contributed by atoms with Crippen LogP contribution in [0.15, 0.2) is 36.8 Å². The van der Waals surface area contributed by atoms with Gasteiger partial charge in [0.15, 0.2) is 5.65 Å². The minimum atomic E-state index is 0.455. The van der Waals surface area contributed by atoms with E-state index >= 15 is 0 Å². The van der Waals surface area contributed by atoms with Crippen molar-refractivity contribution in [1.82, 2.24) is 19.7 Å². The minimum Gasteiger partial charge on any atom is -0.497 e. The van der Waals surface area contributed by atoms with Crippen molar-refractivity contribution in [2.24, 2.45) is 7.05 Å². The maximum absolute atomic E-state index is 5.24. The van der Waals surface area contributed by atoms with Gasteiger partial charge in [0.05, 0.1) is 18.7 Å². The lowest BCUT2D eigenvalue weighted by molar-refractivity contribution is 0.414. The van der Waals surface area contributed by atoms with Gasteiger partial charge in [0.25, 0.3) is 0 Å². The van der Waals surface area contributed by atoms with Gasteiger partial charge in [0.1, 0.15) is 17.9 Å². The molecule has 124 valence electrons. The van der Waals surface area contributed by atoms with Crippen LogP contribution in [0.1, 0.15) is 18.4 Å². The van der Waals surface area contributed by atoms with E-state index in [0.717, 1.165) is 35.6 Å². The van der Waals surface area contributed by atoms with Gasteiger partial charge in [0, 0.05) is 19.6 Å². The maximum Gasteiger partial charge on any atom is 0.163 e. The Hall–Kier alpha value is -2.63. The monoisotopic (exact) mass is 323 g/mol. The molecule has 0 N–H and O–H groups in total. The zero-order valence-corrected chi connectivity index (χ0v) is 14.0. The molecule has 1 fully saturated rings. The molecule has 0 spiro atoms. The third-order valence-electron chi connectivity index (χ3n) is 4.79. The topological polar surface area (TPSA) is 56.1 Å². The first-order chi connectivity index (χ1) is 11.8. The van der Waals surface area contributed by atoms with E-state index in [4.69, 9.17) is 4.74 Å². The van der Waals surface area contributed by atoms with Crippen LogP contribution in [0, 0.1) is 0 Å². The molecule has 6 heteroatoms. The summed E-state index contributed by atoms with van der Waals surface area (Å²) < 4.78 is 7.04. The van der Waals surface area contributed by atoms with Gasteiger partial charge in [-0.2, -0.15) is 5.10 Å². The number of rotatable bonds is 4. The molecule has 1 aliphatic rings. The number of nitrogens with zero attached hydrogens (tertiary/aromatic N) is 5. The summed E-state index contributed by atoms with van der Waals surface area (Å²) in [5.41, 5.74) is 2.21. The van der Waals surface area contributed by atoms with Crippen molar-refractivity contribution in [3.05, 3.63) is 42.4 Å². The lowest BCUT2D eigenvalue weighted by Crippen LogP contribution is -2.31. The van der Waals surface area contributed by atoms with Crippen LogP contribution in [0.5, 0.6) is 5.75 Å². The molecule has 2 aromatic heterocycles. The standard InChI is InChI=1S/C18H21N5O/c1-22-17-16(11-21-22)18(20-12-19-17)23-9-3-4-14(23)10-13-5-7-15(24-2)8-6-13/h5-8,11-12,14H,3-4,9-10H2,1-2H3/t14-/m1/s1. The zero-order valence-electron chi connectivity index (χ0n) is 14.0. The van der Waals surface area contributed by atoms with Crippen molar-refractivity contribution in [2.45, 2.75) is 25.3 Å². The summed E-state index contributed by atoms with van der Waals surface area (Å²) in [5, 5.41) is 5.36. The predicted octanol–water partition coefficient (Wildman–Crippen LogP) is 2.58. The van der Waals surface area contributed by atoms with Gasteiger partial charge in [0.2, 0.25) is 0 Å². The number of benzene rings is 1. The predicted molar refractivity (Wildman–Crippen MR) is 93.4 cm³/mol. The molecule has 0 saturated carbocycles. The average Bonchev–Trinajstić information content (AvgIpc) is 3.23. The van der Waals surface area contributed by atoms with Crippen LogP contribution in [0.4, 0.5) is 5.82 Å². The highest BCUT2D eigenvalue weighted by Gasteiger charge is 2.27. The highest BCUT2D eigenvalue weighted by molar-refractivity contribution is 5.86. The highest BCUT2D eigenvalue weighted by Crippen LogP contribution is 2.30. The van der Waals surface area contributed by atoms with E-state index in [2.05, 4.69) is 32.1 Å². The van der Waals surface area contributed by atoms with E-state index in [-0.39, 0.29) is 0 Å². The molecule has 0 amide bonds. The molecule has 1 atom stereocenters. The third kappa shape index (κ3) is 2.58. The normalized spacial score (nSPS) is 17.6. The van der Waals surface area contributed by atoms with Crippen molar-refractivity contribution in [1.29, 1.82) is 0 Å². The fourth-order valence-corrected chi connectivity index (χ4v) is 3.54. The molecule has 1 aromatic carbocycles. The van der Waals surface area contributed by atoms with Crippen LogP contribution < -0.4 is 9.64 Å². The van der Waals surface area contributed by atoms with Gasteiger partial charge in [-0.25, -0.2) is 9.97 Å². The second-order valence-electron chi connectivity index (χ2n) is 6.24. The number of hydrogen-bond acceptors (Lipinski definition) is 5. The van der Waals surface area contributed by atoms with E-state index < -0.39 is 0 Å². The first-order valence-corrected chi connectivity index (χ1v) is 8.28. The fourth-order valence-electron chi connectivity index (χ4n) is 3.54. The Kier molecular flexibility index (Phi) is 3.80. The summed E-state index contributed by atoms with van der Waals surface area (Å²) >= 11 is 0. The van der Waals surface area contributed by atoms with E-state index in [1.165, 1.54) is 18.4 Å². The van der Waals surface area contributed by atoms with Crippen molar-refractivity contribution in [2.75, 3.05) is 18.6 Å². The molecule has 1 aliphatic heterocycles. The summed E-state index contributed by atoms with van der Waals surface area (Å²) in [6.07, 6.45) is 6.88. The van der Waals surface area contributed by atoms with Crippen LogP contribution in [-0.4, -0.2) is 39.4 Å². The summed E-state index contributed by atoms with van der Waals surface area (Å²) in [6.45, 7) is 1.03. The Morgan fingerprint density at radius 1 is 1.21 bits per heavy atom. The van der Waals surface area contributed by atoms with E-state index in [1.807, 2.05) is 25.4 Å². The van der Waals surface area contributed by atoms with Crippen LogP contribution in [0.25, 0.3) is 11.0 Å². The minimum absolute atomic E-state index is 0.455. The summed E-state index contributed by atoms with van der Waals surface area (Å²) in [7, 11) is 3.61. The van der Waals surface area contributed by atoms with Gasteiger partial charge >= 0.3 is 0 Å². The second-order valence-corrected chi connectivity index (χ2v) is 6.24. The Morgan fingerprint density at radius 3 is 2.83 bits per heavy atom. The molecular weight excluding hydrogens is 302 g/mol. The third-order valence-corrected chi connectivity index (χ3v) is 4.79. The summed E-state index contributed by atoms with van der Waals surface area (Å²) in [5.74, 6) is 1.90. The Morgan fingerprint density at radius 2 is 2.04 bits per heavy atom. The Labute approximate surface area is 141 Å². The largest absolute Gasteiger partial charge is 0.497 e. The number of anilines is 1. The maximum atomic E-state index is 5.24. The van der Waals surface area contributed by atoms with E-state index in [1.54, 1.807) is 18.1 Å². The van der Waals surface area contributed by atoms with Crippen molar-refractivity contribution in [3.8, 4) is 5.75 Å². The number of fused-ring (bicyclic) bond motifs is 1. The second kappa shape index (κ2) is 6.11. The van der Waals surface area contributed by atoms with Gasteiger partial charge < -0.3 is 9.64 Å². The molecule has 3 aromatic rings. The van der Waals surface area contributed by atoms with Gasteiger partial charge in [-0.1, -0.05) is 12.1 Å². The number of methoxy groups -OCH3 is 1. The quantitative estimate of drug-likeness (QED) is 0.738. The van der Waals surface area contributed by atoms with Crippen molar-refractivity contribution in [3.63, 3.8) is 0 Å². The highest BCUT2D eigenvalue weighted by atomic mass is 16.5. The first-order valence-electron chi connectivity index (χ1n) is 8.28. The van der Waals surface area contributed by atoms with Gasteiger partial charge in [-0.3, -0.25) is 4.68 Å². The SMILES string of the molecule is COc1ccc(C[C@H]2CCCN2c2ncnc3c2cnn3C)cc1. The van der Waals surface area contributed by atoms with Gasteiger partial charge in [-0.15, -0.1) is 0 Å². The molecule has 3 heterocycles. The van der Waals surface area contributed by atoms with Crippen LogP contribution in [0.3, 0.4) is 0 Å². The number of hydrogen-bond donors (Lipinski definition) is 0. The van der Waals surface area contributed by atoms with Gasteiger partial charge in [-0.05, 0) is 37.0 Å². The fraction of sp³-hybridized carbons (Fsp3) is 0.389. The first kappa shape index (κ1) is 14.9. The van der Waals surface area contributed by atoms with E-state index in [9.17, 15) is 0 Å². The van der Waals surface area contributed by atoms with Crippen LogP contribution >= 0.6 is 0 Å². The summed E-state index contributed by atoms with van der Waals surface area (Å²) in [4.78, 5) is 11.3. The molecule has 6 nitrogen and oxygen atoms in total. The molecule has 4 rings (SSSR count). The smallest absolute Gasteiger partial charge is 0.163 e. The molecule has 0 bridgehead atoms. The van der Waals surface area contributed by atoms with Crippen LogP contribution in [0.2, 0.25) is 0 Å². The molecule has 24 heavy (non-hydrogen) atoms. The summed E-state index contributed by atoms with van der Waals surface area (Å²) in [6, 6.07) is 8.80. The van der Waals surface area contributed by atoms with Crippen LogP contribution in [-0.2, 0) is 13.5 Å². The Balaban J connectivity index is 1.61. The number of aryl methyl sites for hydroxylation is 1. The average molecular weight is 323 g/mol. The number of aromatic nitrogens is 4.